The van der Waals surface area contributed by atoms with Gasteiger partial charge in [0.2, 0.25) is 0 Å². The molecule has 2 bridgehead atoms. The number of carboxylic acids is 1. The van der Waals surface area contributed by atoms with Gasteiger partial charge in [-0.3, -0.25) is 4.79 Å². The van der Waals surface area contributed by atoms with Crippen LogP contribution in [0.4, 0.5) is 4.79 Å². The lowest BCUT2D eigenvalue weighted by molar-refractivity contribution is -0.137. The molecule has 0 spiro atoms. The predicted octanol–water partition coefficient (Wildman–Crippen LogP) is 0.0489. The molecule has 3 atom stereocenters. The van der Waals surface area contributed by atoms with E-state index in [9.17, 15) is 9.59 Å². The van der Waals surface area contributed by atoms with Crippen LogP contribution < -0.4 is 5.32 Å². The molecule has 0 aromatic rings. The highest BCUT2D eigenvalue weighted by Gasteiger charge is 2.41. The first-order chi connectivity index (χ1) is 9.10. The zero-order valence-corrected chi connectivity index (χ0v) is 11.0. The number of carbonyl (C=O) groups excluding carboxylic acids is 1. The molecule has 2 N–H and O–H groups in total. The highest BCUT2D eigenvalue weighted by molar-refractivity contribution is 5.80. The molecule has 19 heavy (non-hydrogen) atoms. The number of aliphatic carboxylic acids is 1. The number of fused-ring (bicyclic) bond motifs is 2. The fraction of sp³-hybridized carbons (Fsp3) is 0.833. The first kappa shape index (κ1) is 14.1. The number of rotatable bonds is 6. The summed E-state index contributed by atoms with van der Waals surface area (Å²) in [5.41, 5.74) is 0. The van der Waals surface area contributed by atoms with Gasteiger partial charge in [-0.15, -0.1) is 0 Å². The van der Waals surface area contributed by atoms with Gasteiger partial charge in [-0.05, 0) is 19.3 Å². The summed E-state index contributed by atoms with van der Waals surface area (Å²) in [4.78, 5) is 24.1. The van der Waals surface area contributed by atoms with Crippen molar-refractivity contribution < 1.29 is 24.2 Å². The molecular formula is C12H20N2O5. The van der Waals surface area contributed by atoms with Crippen LogP contribution in [0.3, 0.4) is 0 Å². The van der Waals surface area contributed by atoms with Crippen molar-refractivity contribution in [2.24, 2.45) is 0 Å². The van der Waals surface area contributed by atoms with E-state index < -0.39 is 5.97 Å². The number of hydrogen-bond acceptors (Lipinski definition) is 4. The summed E-state index contributed by atoms with van der Waals surface area (Å²) in [6.45, 7) is 0.251. The second kappa shape index (κ2) is 6.21. The summed E-state index contributed by atoms with van der Waals surface area (Å²) in [7, 11) is 1.51. The van der Waals surface area contributed by atoms with Crippen LogP contribution >= 0.6 is 0 Å². The maximum Gasteiger partial charge on any atom is 0.323 e. The normalized spacial score (nSPS) is 28.4. The molecule has 0 aromatic heterocycles. The number of amides is 2. The van der Waals surface area contributed by atoms with Crippen molar-refractivity contribution >= 4 is 12.0 Å². The average Bonchev–Trinajstić information content (AvgIpc) is 2.96. The lowest BCUT2D eigenvalue weighted by Gasteiger charge is -2.26. The number of ether oxygens (including phenoxy) is 2. The van der Waals surface area contributed by atoms with Gasteiger partial charge in [-0.2, -0.15) is 0 Å². The first-order valence-electron chi connectivity index (χ1n) is 6.51. The number of methoxy groups -OCH3 is 1. The third kappa shape index (κ3) is 3.57. The van der Waals surface area contributed by atoms with Crippen LogP contribution in [0.5, 0.6) is 0 Å². The zero-order chi connectivity index (χ0) is 13.8. The Labute approximate surface area is 111 Å². The van der Waals surface area contributed by atoms with Crippen molar-refractivity contribution in [2.75, 3.05) is 26.8 Å². The number of nitrogens with zero attached hydrogens (tertiary/aromatic N) is 1. The van der Waals surface area contributed by atoms with Gasteiger partial charge in [-0.1, -0.05) is 0 Å². The van der Waals surface area contributed by atoms with Crippen molar-refractivity contribution in [3.8, 4) is 0 Å². The second-order valence-electron chi connectivity index (χ2n) is 4.97. The molecule has 2 heterocycles. The predicted molar refractivity (Wildman–Crippen MR) is 65.9 cm³/mol. The molecule has 7 nitrogen and oxygen atoms in total. The monoisotopic (exact) mass is 272 g/mol. The molecular weight excluding hydrogens is 252 g/mol. The highest BCUT2D eigenvalue weighted by atomic mass is 16.5. The van der Waals surface area contributed by atoms with Crippen molar-refractivity contribution in [3.05, 3.63) is 0 Å². The Bertz CT molecular complexity index is 349. The van der Waals surface area contributed by atoms with Crippen LogP contribution in [-0.2, 0) is 14.3 Å². The highest BCUT2D eigenvalue weighted by Crippen LogP contribution is 2.34. The number of hydrogen-bond donors (Lipinski definition) is 2. The lowest BCUT2D eigenvalue weighted by Crippen LogP contribution is -2.50. The first-order valence-corrected chi connectivity index (χ1v) is 6.51. The third-order valence-electron chi connectivity index (χ3n) is 3.59. The average molecular weight is 272 g/mol. The SMILES string of the molecule is COCCN(CC(=O)O)C(=O)NC1CC2CCC1O2. The Morgan fingerprint density at radius 3 is 2.79 bits per heavy atom. The van der Waals surface area contributed by atoms with Crippen LogP contribution in [0.25, 0.3) is 0 Å². The van der Waals surface area contributed by atoms with Crippen LogP contribution in [0, 0.1) is 0 Å². The maximum absolute atomic E-state index is 12.1. The molecule has 0 aromatic carbocycles. The second-order valence-corrected chi connectivity index (χ2v) is 4.97. The zero-order valence-electron chi connectivity index (χ0n) is 11.0. The minimum Gasteiger partial charge on any atom is -0.480 e. The van der Waals surface area contributed by atoms with Gasteiger partial charge in [0.15, 0.2) is 0 Å². The summed E-state index contributed by atoms with van der Waals surface area (Å²) in [5, 5.41) is 11.7. The molecule has 2 aliphatic heterocycles. The van der Waals surface area contributed by atoms with Crippen LogP contribution in [0.1, 0.15) is 19.3 Å². The summed E-state index contributed by atoms with van der Waals surface area (Å²) in [5.74, 6) is -1.03. The number of carbonyl (C=O) groups is 2. The summed E-state index contributed by atoms with van der Waals surface area (Å²) >= 11 is 0. The maximum atomic E-state index is 12.1. The van der Waals surface area contributed by atoms with Crippen molar-refractivity contribution in [3.63, 3.8) is 0 Å². The molecule has 2 rings (SSSR count). The fourth-order valence-corrected chi connectivity index (χ4v) is 2.66. The Morgan fingerprint density at radius 1 is 1.47 bits per heavy atom. The van der Waals surface area contributed by atoms with E-state index in [4.69, 9.17) is 14.6 Å². The molecule has 0 aliphatic carbocycles. The molecule has 7 heteroatoms. The fourth-order valence-electron chi connectivity index (χ4n) is 2.66. The van der Waals surface area contributed by atoms with Crippen molar-refractivity contribution in [1.82, 2.24) is 10.2 Å². The molecule has 0 radical (unpaired) electrons. The van der Waals surface area contributed by atoms with E-state index >= 15 is 0 Å². The minimum absolute atomic E-state index is 0.00471. The van der Waals surface area contributed by atoms with E-state index in [0.29, 0.717) is 6.61 Å². The Kier molecular flexibility index (Phi) is 4.60. The summed E-state index contributed by atoms with van der Waals surface area (Å²) < 4.78 is 10.5. The largest absolute Gasteiger partial charge is 0.480 e. The standard InChI is InChI=1S/C12H20N2O5/c1-18-5-4-14(7-11(15)16)12(17)13-9-6-8-2-3-10(9)19-8/h8-10H,2-7H2,1H3,(H,13,17)(H,15,16). The van der Waals surface area contributed by atoms with E-state index in [1.54, 1.807) is 0 Å². The molecule has 2 amide bonds. The van der Waals surface area contributed by atoms with E-state index in [1.165, 1.54) is 12.0 Å². The van der Waals surface area contributed by atoms with E-state index in [0.717, 1.165) is 19.3 Å². The van der Waals surface area contributed by atoms with Gasteiger partial charge in [0.25, 0.3) is 0 Å². The van der Waals surface area contributed by atoms with Gasteiger partial charge in [-0.25, -0.2) is 4.79 Å². The summed E-state index contributed by atoms with van der Waals surface area (Å²) in [6, 6.07) is -0.356. The van der Waals surface area contributed by atoms with Crippen LogP contribution in [0.2, 0.25) is 0 Å². The molecule has 0 saturated carbocycles. The molecule has 2 fully saturated rings. The van der Waals surface area contributed by atoms with Gasteiger partial charge in [0.05, 0.1) is 24.9 Å². The van der Waals surface area contributed by atoms with Crippen LogP contribution in [-0.4, -0.2) is 67.1 Å². The number of nitrogens with one attached hydrogen (secondary N) is 1. The van der Waals surface area contributed by atoms with Gasteiger partial charge < -0.3 is 24.8 Å². The third-order valence-corrected chi connectivity index (χ3v) is 3.59. The van der Waals surface area contributed by atoms with Gasteiger partial charge in [0.1, 0.15) is 6.54 Å². The molecule has 2 aliphatic rings. The summed E-state index contributed by atoms with van der Waals surface area (Å²) in [6.07, 6.45) is 3.18. The van der Waals surface area contributed by atoms with Gasteiger partial charge in [0, 0.05) is 13.7 Å². The molecule has 3 unspecified atom stereocenters. The van der Waals surface area contributed by atoms with Crippen molar-refractivity contribution in [1.29, 1.82) is 0 Å². The van der Waals surface area contributed by atoms with Gasteiger partial charge >= 0.3 is 12.0 Å². The van der Waals surface area contributed by atoms with Crippen LogP contribution in [0.15, 0.2) is 0 Å². The minimum atomic E-state index is -1.03. The molecule has 2 saturated heterocycles. The Morgan fingerprint density at radius 2 is 2.26 bits per heavy atom. The number of urea groups is 1. The number of carboxylic acid groups (broad SMARTS) is 1. The topological polar surface area (TPSA) is 88.1 Å². The Hall–Kier alpha value is -1.34. The quantitative estimate of drug-likeness (QED) is 0.713. The smallest absolute Gasteiger partial charge is 0.323 e. The van der Waals surface area contributed by atoms with E-state index in [-0.39, 0.29) is 37.4 Å². The van der Waals surface area contributed by atoms with E-state index in [2.05, 4.69) is 5.32 Å². The van der Waals surface area contributed by atoms with Crippen molar-refractivity contribution in [2.45, 2.75) is 37.5 Å². The lowest BCUT2D eigenvalue weighted by atomic mass is 9.96. The Balaban J connectivity index is 1.85. The molecule has 108 valence electrons. The van der Waals surface area contributed by atoms with E-state index in [1.807, 2.05) is 0 Å².